The van der Waals surface area contributed by atoms with E-state index < -0.39 is 46.3 Å². The van der Waals surface area contributed by atoms with Crippen molar-refractivity contribution in [3.63, 3.8) is 0 Å². The second-order valence-corrected chi connectivity index (χ2v) is 16.8. The summed E-state index contributed by atoms with van der Waals surface area (Å²) in [5, 5.41) is 3.11. The van der Waals surface area contributed by atoms with Gasteiger partial charge in [0, 0.05) is 18.5 Å². The van der Waals surface area contributed by atoms with Crippen LogP contribution in [0.15, 0.2) is 53.4 Å². The fourth-order valence-corrected chi connectivity index (χ4v) is 8.94. The van der Waals surface area contributed by atoms with Gasteiger partial charge in [-0.2, -0.15) is 0 Å². The van der Waals surface area contributed by atoms with Gasteiger partial charge in [0.25, 0.3) is 0 Å². The summed E-state index contributed by atoms with van der Waals surface area (Å²) in [6, 6.07) is 11.8. The fourth-order valence-electron chi connectivity index (χ4n) is 7.86. The number of carbonyl (C=O) groups excluding carboxylic acids is 2. The molecular weight excluding hydrogens is 618 g/mol. The lowest BCUT2D eigenvalue weighted by Crippen LogP contribution is -2.65. The zero-order valence-corrected chi connectivity index (χ0v) is 29.4. The van der Waals surface area contributed by atoms with Crippen LogP contribution in [0.5, 0.6) is 0 Å². The van der Waals surface area contributed by atoms with Crippen LogP contribution >= 0.6 is 0 Å². The summed E-state index contributed by atoms with van der Waals surface area (Å²) >= 11 is 0. The van der Waals surface area contributed by atoms with Gasteiger partial charge >= 0.3 is 7.12 Å². The Balaban J connectivity index is 1.34. The molecule has 4 aliphatic rings. The number of nitrogens with one attached hydrogen (secondary N) is 2. The molecule has 2 bridgehead atoms. The van der Waals surface area contributed by atoms with Crippen LogP contribution in [0.4, 0.5) is 4.39 Å². The number of amides is 1. The van der Waals surface area contributed by atoms with Crippen LogP contribution in [0.2, 0.25) is 0 Å². The molecule has 3 aliphatic carbocycles. The van der Waals surface area contributed by atoms with Crippen LogP contribution in [0, 0.1) is 34.9 Å². The molecule has 1 saturated heterocycles. The maximum absolute atomic E-state index is 14.0. The van der Waals surface area contributed by atoms with Crippen LogP contribution < -0.4 is 10.0 Å². The second-order valence-electron chi connectivity index (χ2n) is 15.0. The molecule has 6 atom stereocenters. The quantitative estimate of drug-likeness (QED) is 0.175. The van der Waals surface area contributed by atoms with Crippen molar-refractivity contribution in [2.24, 2.45) is 29.1 Å². The van der Waals surface area contributed by atoms with E-state index in [2.05, 4.69) is 51.6 Å². The van der Waals surface area contributed by atoms with E-state index in [0.29, 0.717) is 23.8 Å². The molecule has 8 nitrogen and oxygen atoms in total. The summed E-state index contributed by atoms with van der Waals surface area (Å²) < 4.78 is 55.4. The lowest BCUT2D eigenvalue weighted by atomic mass is 9.43. The summed E-state index contributed by atoms with van der Waals surface area (Å²) in [7, 11) is -4.73. The number of aryl methyl sites for hydroxylation is 1. The number of ketones is 1. The molecule has 1 aliphatic heterocycles. The Morgan fingerprint density at radius 1 is 1.04 bits per heavy atom. The number of rotatable bonds is 15. The monoisotopic (exact) mass is 668 g/mol. The number of hydrogen-bond donors (Lipinski definition) is 2. The number of halogens is 1. The fraction of sp³-hybridized carbons (Fsp3) is 0.611. The predicted molar refractivity (Wildman–Crippen MR) is 181 cm³/mol. The molecule has 47 heavy (non-hydrogen) atoms. The normalized spacial score (nSPS) is 26.0. The molecule has 1 heterocycles. The van der Waals surface area contributed by atoms with Gasteiger partial charge in [-0.1, -0.05) is 65.3 Å². The third-order valence-corrected chi connectivity index (χ3v) is 12.3. The van der Waals surface area contributed by atoms with E-state index in [1.807, 2.05) is 12.1 Å². The molecule has 1 amide bonds. The van der Waals surface area contributed by atoms with Crippen molar-refractivity contribution in [1.29, 1.82) is 0 Å². The Kier molecular flexibility index (Phi) is 10.7. The summed E-state index contributed by atoms with van der Waals surface area (Å²) in [4.78, 5) is 27.4. The van der Waals surface area contributed by atoms with Gasteiger partial charge in [-0.15, -0.1) is 0 Å². The van der Waals surface area contributed by atoms with Crippen molar-refractivity contribution in [3.8, 4) is 0 Å². The molecular formula is C36H50BFN2O6S. The molecule has 0 aromatic heterocycles. The molecule has 2 aromatic carbocycles. The van der Waals surface area contributed by atoms with Crippen LogP contribution in [-0.2, 0) is 30.5 Å². The van der Waals surface area contributed by atoms with E-state index >= 15 is 0 Å². The molecule has 256 valence electrons. The Labute approximate surface area is 280 Å². The minimum absolute atomic E-state index is 0.0592. The Hall–Kier alpha value is -2.60. The van der Waals surface area contributed by atoms with Crippen LogP contribution in [0.1, 0.15) is 96.0 Å². The Morgan fingerprint density at radius 2 is 1.72 bits per heavy atom. The molecule has 6 rings (SSSR count). The van der Waals surface area contributed by atoms with Gasteiger partial charge in [0.15, 0.2) is 5.78 Å². The first kappa shape index (κ1) is 35.7. The molecule has 3 saturated carbocycles. The predicted octanol–water partition coefficient (Wildman–Crippen LogP) is 6.13. The molecule has 0 radical (unpaired) electrons. The van der Waals surface area contributed by atoms with Crippen molar-refractivity contribution in [2.45, 2.75) is 109 Å². The number of hydrogen-bond acceptors (Lipinski definition) is 6. The van der Waals surface area contributed by atoms with Gasteiger partial charge in [-0.05, 0) is 92.0 Å². The van der Waals surface area contributed by atoms with Gasteiger partial charge in [-0.25, -0.2) is 17.5 Å². The smallest absolute Gasteiger partial charge is 0.404 e. The maximum atomic E-state index is 14.0. The van der Waals surface area contributed by atoms with Gasteiger partial charge < -0.3 is 14.6 Å². The summed E-state index contributed by atoms with van der Waals surface area (Å²) in [6.45, 7) is 12.7. The van der Waals surface area contributed by atoms with Crippen LogP contribution in [-0.4, -0.2) is 51.4 Å². The number of benzene rings is 2. The van der Waals surface area contributed by atoms with Gasteiger partial charge in [0.1, 0.15) is 5.82 Å². The van der Waals surface area contributed by atoms with Gasteiger partial charge in [0.2, 0.25) is 15.9 Å². The van der Waals surface area contributed by atoms with Gasteiger partial charge in [-0.3, -0.25) is 9.59 Å². The van der Waals surface area contributed by atoms with Crippen molar-refractivity contribution in [1.82, 2.24) is 10.0 Å². The first-order valence-corrected chi connectivity index (χ1v) is 18.6. The lowest BCUT2D eigenvalue weighted by Gasteiger charge is -2.64. The minimum atomic E-state index is -4.08. The first-order valence-electron chi connectivity index (χ1n) is 17.1. The number of unbranched alkanes of at least 4 members (excludes halogenated alkanes) is 1. The molecule has 2 aromatic rings. The number of carbonyl (C=O) groups is 2. The van der Waals surface area contributed by atoms with Crippen molar-refractivity contribution in [2.75, 3.05) is 6.54 Å². The summed E-state index contributed by atoms with van der Waals surface area (Å²) in [5.41, 5.74) is 1.31. The molecule has 2 N–H and O–H groups in total. The van der Waals surface area contributed by atoms with E-state index in [4.69, 9.17) is 9.31 Å². The largest absolute Gasteiger partial charge is 0.481 e. The van der Waals surface area contributed by atoms with E-state index in [1.165, 1.54) is 0 Å². The maximum Gasteiger partial charge on any atom is 0.481 e. The third kappa shape index (κ3) is 7.68. The average molecular weight is 669 g/mol. The highest BCUT2D eigenvalue weighted by Gasteiger charge is 2.68. The number of Topliss-reactive ketones (excluding diaryl/α,β-unsaturated/α-hetero) is 1. The topological polar surface area (TPSA) is 111 Å². The first-order chi connectivity index (χ1) is 22.1. The SMILES string of the molecule is CCCCc1ccc(C(=O)C[C@@H](CNS(=O)(=O)c2ccc(F)cc2)C(=O)N[C@@H](CC(C)C)B2O[C@@H]3C[C@H]4C[C@H](C4(C)C)[C@]3(C)O2)cc1. The zero-order valence-electron chi connectivity index (χ0n) is 28.6. The number of sulfonamides is 1. The molecule has 0 spiro atoms. The van der Waals surface area contributed by atoms with Gasteiger partial charge in [0.05, 0.1) is 28.5 Å². The minimum Gasteiger partial charge on any atom is -0.404 e. The van der Waals surface area contributed by atoms with E-state index in [0.717, 1.165) is 61.9 Å². The van der Waals surface area contributed by atoms with Crippen molar-refractivity contribution >= 4 is 28.8 Å². The highest BCUT2D eigenvalue weighted by molar-refractivity contribution is 7.89. The third-order valence-electron chi connectivity index (χ3n) is 10.9. The molecule has 0 unspecified atom stereocenters. The second kappa shape index (κ2) is 14.1. The van der Waals surface area contributed by atoms with Crippen LogP contribution in [0.3, 0.4) is 0 Å². The van der Waals surface area contributed by atoms with Crippen molar-refractivity contribution < 1.29 is 31.7 Å². The molecule has 11 heteroatoms. The highest BCUT2D eigenvalue weighted by Crippen LogP contribution is 2.65. The zero-order chi connectivity index (χ0) is 34.1. The van der Waals surface area contributed by atoms with E-state index in [1.54, 1.807) is 12.1 Å². The average Bonchev–Trinajstić information content (AvgIpc) is 3.39. The Morgan fingerprint density at radius 3 is 2.34 bits per heavy atom. The summed E-state index contributed by atoms with van der Waals surface area (Å²) in [5.74, 6) is -1.64. The summed E-state index contributed by atoms with van der Waals surface area (Å²) in [6.07, 6.45) is 5.38. The lowest BCUT2D eigenvalue weighted by molar-refractivity contribution is -0.199. The van der Waals surface area contributed by atoms with E-state index in [-0.39, 0.29) is 41.1 Å². The van der Waals surface area contributed by atoms with Crippen molar-refractivity contribution in [3.05, 3.63) is 65.5 Å². The van der Waals surface area contributed by atoms with E-state index in [9.17, 15) is 22.4 Å². The molecule has 4 fully saturated rings. The van der Waals surface area contributed by atoms with Crippen LogP contribution in [0.25, 0.3) is 0 Å². The standard InChI is InChI=1S/C36H50BFN2O6S/c1-7-8-9-24-10-12-25(13-11-24)30(41)19-26(22-39-47(43,44)29-16-14-28(38)15-17-29)34(42)40-33(18-23(2)3)37-45-32-21-27-20-31(35(27,4)5)36(32,6)46-37/h10-17,23,26-27,31-33,39H,7-9,18-22H2,1-6H3,(H,40,42)/t26-,27+,31+,32+,33-,36-/m0/s1. The Bertz CT molecular complexity index is 1530. The highest BCUT2D eigenvalue weighted by atomic mass is 32.2.